The van der Waals surface area contributed by atoms with E-state index in [1.807, 2.05) is 6.92 Å². The number of carbonyl (C=O) groups excluding carboxylic acids is 2. The molecule has 0 spiro atoms. The molecule has 1 aliphatic heterocycles. The summed E-state index contributed by atoms with van der Waals surface area (Å²) >= 11 is 2.85. The van der Waals surface area contributed by atoms with Gasteiger partial charge < -0.3 is 15.3 Å². The van der Waals surface area contributed by atoms with Crippen LogP contribution in [0.4, 0.5) is 0 Å². The number of carbonyl (C=O) groups is 3. The van der Waals surface area contributed by atoms with E-state index in [1.165, 1.54) is 11.8 Å². The normalized spacial score (nSPS) is 17.8. The van der Waals surface area contributed by atoms with Gasteiger partial charge in [-0.3, -0.25) is 14.4 Å². The van der Waals surface area contributed by atoms with Crippen LogP contribution in [0.5, 0.6) is 0 Å². The van der Waals surface area contributed by atoms with Gasteiger partial charge in [-0.2, -0.15) is 0 Å². The lowest BCUT2D eigenvalue weighted by molar-refractivity contribution is -0.138. The Kier molecular flexibility index (Phi) is 8.60. The van der Waals surface area contributed by atoms with Crippen LogP contribution in [0.1, 0.15) is 26.2 Å². The van der Waals surface area contributed by atoms with E-state index in [9.17, 15) is 14.4 Å². The highest BCUT2D eigenvalue weighted by Gasteiger charge is 2.33. The highest BCUT2D eigenvalue weighted by atomic mass is 32.2. The van der Waals surface area contributed by atoms with E-state index in [-0.39, 0.29) is 23.6 Å². The van der Waals surface area contributed by atoms with Crippen LogP contribution >= 0.6 is 23.5 Å². The van der Waals surface area contributed by atoms with Crippen molar-refractivity contribution in [2.24, 2.45) is 0 Å². The van der Waals surface area contributed by atoms with Crippen molar-refractivity contribution in [3.8, 4) is 0 Å². The molecule has 8 heteroatoms. The Morgan fingerprint density at radius 3 is 2.86 bits per heavy atom. The van der Waals surface area contributed by atoms with Crippen molar-refractivity contribution in [3.05, 3.63) is 0 Å². The van der Waals surface area contributed by atoms with Crippen LogP contribution < -0.4 is 5.32 Å². The largest absolute Gasteiger partial charge is 0.481 e. The maximum absolute atomic E-state index is 12.1. The molecule has 2 N–H and O–H groups in total. The van der Waals surface area contributed by atoms with Crippen molar-refractivity contribution >= 4 is 41.3 Å². The number of carboxylic acids is 1. The van der Waals surface area contributed by atoms with E-state index in [0.717, 1.165) is 12.8 Å². The van der Waals surface area contributed by atoms with Crippen molar-refractivity contribution in [3.63, 3.8) is 0 Å². The second-order valence-corrected chi connectivity index (χ2v) is 6.83. The summed E-state index contributed by atoms with van der Waals surface area (Å²) in [6.07, 6.45) is 2.31. The minimum absolute atomic E-state index is 0.0385. The molecule has 0 aliphatic carbocycles. The van der Waals surface area contributed by atoms with Gasteiger partial charge in [-0.05, 0) is 6.42 Å². The van der Waals surface area contributed by atoms with E-state index in [0.29, 0.717) is 30.3 Å². The van der Waals surface area contributed by atoms with Crippen molar-refractivity contribution in [2.45, 2.75) is 32.2 Å². The lowest BCUT2D eigenvalue weighted by Gasteiger charge is -2.23. The predicted octanol–water partition coefficient (Wildman–Crippen LogP) is 1.01. The number of unbranched alkanes of at least 4 members (excludes halogenated alkanes) is 1. The zero-order valence-electron chi connectivity index (χ0n) is 12.2. The summed E-state index contributed by atoms with van der Waals surface area (Å²) in [6.45, 7) is 2.46. The van der Waals surface area contributed by atoms with E-state index >= 15 is 0 Å². The van der Waals surface area contributed by atoms with Gasteiger partial charge in [0.1, 0.15) is 6.04 Å². The fourth-order valence-corrected chi connectivity index (χ4v) is 3.65. The van der Waals surface area contributed by atoms with E-state index < -0.39 is 5.97 Å². The highest BCUT2D eigenvalue weighted by Crippen LogP contribution is 2.22. The lowest BCUT2D eigenvalue weighted by atomic mass is 10.2. The van der Waals surface area contributed by atoms with Crippen LogP contribution in [0.3, 0.4) is 0 Å². The van der Waals surface area contributed by atoms with Gasteiger partial charge >= 0.3 is 5.97 Å². The predicted molar refractivity (Wildman–Crippen MR) is 85.5 cm³/mol. The third kappa shape index (κ3) is 6.60. The van der Waals surface area contributed by atoms with E-state index in [2.05, 4.69) is 5.32 Å². The number of aliphatic carboxylic acids is 1. The number of hydrogen-bond donors (Lipinski definition) is 2. The van der Waals surface area contributed by atoms with Gasteiger partial charge in [-0.15, -0.1) is 23.5 Å². The van der Waals surface area contributed by atoms with Gasteiger partial charge in [-0.1, -0.05) is 13.3 Å². The fraction of sp³-hybridized carbons (Fsp3) is 0.769. The van der Waals surface area contributed by atoms with E-state index in [4.69, 9.17) is 5.11 Å². The molecule has 0 aromatic heterocycles. The van der Waals surface area contributed by atoms with Crippen molar-refractivity contribution < 1.29 is 19.5 Å². The molecule has 0 bridgehead atoms. The smallest absolute Gasteiger partial charge is 0.313 e. The molecule has 1 rings (SSSR count). The summed E-state index contributed by atoms with van der Waals surface area (Å²) in [6, 6.07) is -0.385. The van der Waals surface area contributed by atoms with Crippen LogP contribution in [-0.4, -0.2) is 63.5 Å². The van der Waals surface area contributed by atoms with Gasteiger partial charge in [0.15, 0.2) is 0 Å². The second-order valence-electron chi connectivity index (χ2n) is 4.72. The number of nitrogens with one attached hydrogen (secondary N) is 1. The third-order valence-electron chi connectivity index (χ3n) is 3.02. The van der Waals surface area contributed by atoms with Crippen LogP contribution in [0, 0.1) is 0 Å². The molecule has 0 radical (unpaired) electrons. The molecule has 1 fully saturated rings. The molecule has 0 aromatic carbocycles. The molecular formula is C13H22N2O4S2. The van der Waals surface area contributed by atoms with Gasteiger partial charge in [0, 0.05) is 24.5 Å². The Morgan fingerprint density at radius 1 is 1.43 bits per heavy atom. The molecule has 6 nitrogen and oxygen atoms in total. The average molecular weight is 334 g/mol. The summed E-state index contributed by atoms with van der Waals surface area (Å²) in [5.41, 5.74) is 0. The Hall–Kier alpha value is -0.890. The van der Waals surface area contributed by atoms with Crippen LogP contribution in [0.25, 0.3) is 0 Å². The fourth-order valence-electron chi connectivity index (χ4n) is 1.90. The van der Waals surface area contributed by atoms with Crippen LogP contribution in [0.2, 0.25) is 0 Å². The van der Waals surface area contributed by atoms with Crippen LogP contribution in [0.15, 0.2) is 0 Å². The molecule has 1 atom stereocenters. The lowest BCUT2D eigenvalue weighted by Crippen LogP contribution is -2.47. The quantitative estimate of drug-likeness (QED) is 0.612. The monoisotopic (exact) mass is 334 g/mol. The number of nitrogens with zero attached hydrogens (tertiary/aromatic N) is 1. The molecule has 2 amide bonds. The van der Waals surface area contributed by atoms with Gasteiger partial charge in [0.05, 0.1) is 11.6 Å². The van der Waals surface area contributed by atoms with Gasteiger partial charge in [-0.25, -0.2) is 0 Å². The topological polar surface area (TPSA) is 86.7 Å². The molecule has 0 aromatic rings. The third-order valence-corrected chi connectivity index (χ3v) is 4.98. The average Bonchev–Trinajstić information content (AvgIpc) is 2.93. The summed E-state index contributed by atoms with van der Waals surface area (Å²) in [5, 5.41) is 11.3. The SMILES string of the molecule is CCCCC(=O)N1CSCC1C(=O)NCCSCC(=O)O. The van der Waals surface area contributed by atoms with Crippen molar-refractivity contribution in [1.82, 2.24) is 10.2 Å². The van der Waals surface area contributed by atoms with Crippen molar-refractivity contribution in [1.29, 1.82) is 0 Å². The Balaban J connectivity index is 2.31. The number of amides is 2. The summed E-state index contributed by atoms with van der Waals surface area (Å²) in [7, 11) is 0. The Bertz CT molecular complexity index is 379. The second kappa shape index (κ2) is 9.94. The number of carboxylic acid groups (broad SMARTS) is 1. The zero-order chi connectivity index (χ0) is 15.7. The molecular weight excluding hydrogens is 312 g/mol. The summed E-state index contributed by atoms with van der Waals surface area (Å²) < 4.78 is 0. The minimum Gasteiger partial charge on any atom is -0.481 e. The number of thioether (sulfide) groups is 2. The first-order valence-electron chi connectivity index (χ1n) is 7.00. The first kappa shape index (κ1) is 18.2. The zero-order valence-corrected chi connectivity index (χ0v) is 13.8. The molecule has 0 saturated carbocycles. The maximum Gasteiger partial charge on any atom is 0.313 e. The van der Waals surface area contributed by atoms with Crippen molar-refractivity contribution in [2.75, 3.05) is 29.7 Å². The molecule has 1 saturated heterocycles. The molecule has 120 valence electrons. The standard InChI is InChI=1S/C13H22N2O4S2/c1-2-3-4-11(16)15-9-21-7-10(15)13(19)14-5-6-20-8-12(17)18/h10H,2-9H2,1H3,(H,14,19)(H,17,18). The van der Waals surface area contributed by atoms with Gasteiger partial charge in [0.2, 0.25) is 11.8 Å². The molecule has 1 unspecified atom stereocenters. The Morgan fingerprint density at radius 2 is 2.19 bits per heavy atom. The first-order chi connectivity index (χ1) is 10.1. The molecule has 1 heterocycles. The first-order valence-corrected chi connectivity index (χ1v) is 9.31. The summed E-state index contributed by atoms with van der Waals surface area (Å²) in [4.78, 5) is 36.1. The van der Waals surface area contributed by atoms with Crippen LogP contribution in [-0.2, 0) is 14.4 Å². The summed E-state index contributed by atoms with van der Waals surface area (Å²) in [5.74, 6) is 0.855. The number of hydrogen-bond acceptors (Lipinski definition) is 5. The Labute approximate surface area is 133 Å². The molecule has 1 aliphatic rings. The highest BCUT2D eigenvalue weighted by molar-refractivity contribution is 8.00. The van der Waals surface area contributed by atoms with E-state index in [1.54, 1.807) is 16.7 Å². The molecule has 21 heavy (non-hydrogen) atoms. The minimum atomic E-state index is -0.855. The van der Waals surface area contributed by atoms with Gasteiger partial charge in [0.25, 0.3) is 0 Å². The number of rotatable bonds is 9. The maximum atomic E-state index is 12.1.